The third-order valence-electron chi connectivity index (χ3n) is 4.78. The first-order chi connectivity index (χ1) is 11.2. The van der Waals surface area contributed by atoms with Crippen molar-refractivity contribution in [2.45, 2.75) is 42.8 Å². The van der Waals surface area contributed by atoms with Crippen LogP contribution < -0.4 is 5.32 Å². The number of nitrogens with zero attached hydrogens (tertiary/aromatic N) is 3. The molecule has 1 aliphatic heterocycles. The van der Waals surface area contributed by atoms with Gasteiger partial charge in [-0.25, -0.2) is 0 Å². The molecule has 1 aromatic carbocycles. The molecular weight excluding hydrogens is 332 g/mol. The predicted octanol–water partition coefficient (Wildman–Crippen LogP) is 3.49. The molecule has 1 N–H and O–H groups in total. The maximum Gasteiger partial charge on any atom is 0.237 e. The van der Waals surface area contributed by atoms with Crippen LogP contribution in [-0.2, 0) is 16.8 Å². The summed E-state index contributed by atoms with van der Waals surface area (Å²) in [5.74, 6) is 1.57. The molecule has 0 unspecified atom stereocenters. The van der Waals surface area contributed by atoms with Gasteiger partial charge in [-0.05, 0) is 30.5 Å². The van der Waals surface area contributed by atoms with Crippen molar-refractivity contribution in [1.82, 2.24) is 14.8 Å². The summed E-state index contributed by atoms with van der Waals surface area (Å²) in [6.45, 7) is 0.844. The fourth-order valence-corrected chi connectivity index (χ4v) is 4.55. The molecule has 0 bridgehead atoms. The topological polar surface area (TPSA) is 59.8 Å². The smallest absolute Gasteiger partial charge is 0.237 e. The highest BCUT2D eigenvalue weighted by Crippen LogP contribution is 2.42. The zero-order chi connectivity index (χ0) is 15.9. The zero-order valence-corrected chi connectivity index (χ0v) is 14.2. The second kappa shape index (κ2) is 5.83. The Morgan fingerprint density at radius 1 is 1.22 bits per heavy atom. The van der Waals surface area contributed by atoms with E-state index in [9.17, 15) is 4.79 Å². The van der Waals surface area contributed by atoms with E-state index in [0.717, 1.165) is 48.7 Å². The molecule has 7 heteroatoms. The molecule has 0 saturated heterocycles. The predicted molar refractivity (Wildman–Crippen MR) is 91.0 cm³/mol. The number of rotatable bonds is 3. The fraction of sp³-hybridized carbons (Fsp3) is 0.438. The minimum atomic E-state index is -0.483. The maximum absolute atomic E-state index is 13.1. The lowest BCUT2D eigenvalue weighted by Gasteiger charge is -2.28. The van der Waals surface area contributed by atoms with Crippen LogP contribution in [0.5, 0.6) is 0 Å². The SMILES string of the molecule is O=C(Nc1nnc2n1CCS2)C1(c2ccc(Cl)cc2)CCCC1. The van der Waals surface area contributed by atoms with Gasteiger partial charge in [0.05, 0.1) is 5.41 Å². The van der Waals surface area contributed by atoms with E-state index < -0.39 is 5.41 Å². The molecule has 2 heterocycles. The van der Waals surface area contributed by atoms with Crippen LogP contribution in [0.25, 0.3) is 0 Å². The first-order valence-corrected chi connectivity index (χ1v) is 9.19. The number of carbonyl (C=O) groups is 1. The Labute approximate surface area is 143 Å². The molecule has 1 fully saturated rings. The van der Waals surface area contributed by atoms with Crippen molar-refractivity contribution < 1.29 is 4.79 Å². The van der Waals surface area contributed by atoms with Gasteiger partial charge in [0.2, 0.25) is 11.9 Å². The molecule has 1 saturated carbocycles. The van der Waals surface area contributed by atoms with Gasteiger partial charge >= 0.3 is 0 Å². The van der Waals surface area contributed by atoms with Crippen molar-refractivity contribution in [3.05, 3.63) is 34.9 Å². The van der Waals surface area contributed by atoms with E-state index in [1.54, 1.807) is 11.8 Å². The molecule has 4 rings (SSSR count). The largest absolute Gasteiger partial charge is 0.294 e. The number of amides is 1. The molecule has 23 heavy (non-hydrogen) atoms. The quantitative estimate of drug-likeness (QED) is 0.922. The summed E-state index contributed by atoms with van der Waals surface area (Å²) in [6.07, 6.45) is 3.83. The number of hydrogen-bond donors (Lipinski definition) is 1. The van der Waals surface area contributed by atoms with Crippen LogP contribution in [0.1, 0.15) is 31.2 Å². The van der Waals surface area contributed by atoms with Crippen LogP contribution in [0.3, 0.4) is 0 Å². The number of nitrogens with one attached hydrogen (secondary N) is 1. The van der Waals surface area contributed by atoms with Gasteiger partial charge in [0.1, 0.15) is 0 Å². The number of thioether (sulfide) groups is 1. The third-order valence-corrected chi connectivity index (χ3v) is 5.98. The van der Waals surface area contributed by atoms with E-state index in [0.29, 0.717) is 11.0 Å². The van der Waals surface area contributed by atoms with Crippen molar-refractivity contribution in [2.24, 2.45) is 0 Å². The lowest BCUT2D eigenvalue weighted by molar-refractivity contribution is -0.121. The van der Waals surface area contributed by atoms with Gasteiger partial charge in [-0.3, -0.25) is 14.7 Å². The van der Waals surface area contributed by atoms with E-state index in [4.69, 9.17) is 11.6 Å². The number of carbonyl (C=O) groups excluding carboxylic acids is 1. The van der Waals surface area contributed by atoms with Crippen molar-refractivity contribution in [3.8, 4) is 0 Å². The van der Waals surface area contributed by atoms with E-state index in [-0.39, 0.29) is 5.91 Å². The summed E-state index contributed by atoms with van der Waals surface area (Å²) in [6, 6.07) is 7.65. The Balaban J connectivity index is 1.64. The monoisotopic (exact) mass is 348 g/mol. The number of hydrogen-bond acceptors (Lipinski definition) is 4. The summed E-state index contributed by atoms with van der Waals surface area (Å²) >= 11 is 7.67. The molecular formula is C16H17ClN4OS. The lowest BCUT2D eigenvalue weighted by Crippen LogP contribution is -2.38. The van der Waals surface area contributed by atoms with Gasteiger partial charge in [-0.2, -0.15) is 0 Å². The van der Waals surface area contributed by atoms with Crippen molar-refractivity contribution in [2.75, 3.05) is 11.1 Å². The molecule has 2 aliphatic rings. The van der Waals surface area contributed by atoms with Crippen LogP contribution in [0, 0.1) is 0 Å². The highest BCUT2D eigenvalue weighted by molar-refractivity contribution is 7.99. The average Bonchev–Trinajstić information content (AvgIpc) is 3.26. The van der Waals surface area contributed by atoms with Crippen molar-refractivity contribution in [3.63, 3.8) is 0 Å². The van der Waals surface area contributed by atoms with Crippen LogP contribution in [0.15, 0.2) is 29.4 Å². The Morgan fingerprint density at radius 3 is 2.70 bits per heavy atom. The highest BCUT2D eigenvalue weighted by Gasteiger charge is 2.43. The van der Waals surface area contributed by atoms with Crippen molar-refractivity contribution >= 4 is 35.2 Å². The summed E-state index contributed by atoms with van der Waals surface area (Å²) in [7, 11) is 0. The van der Waals surface area contributed by atoms with Gasteiger partial charge in [-0.1, -0.05) is 48.3 Å². The highest BCUT2D eigenvalue weighted by atomic mass is 35.5. The second-order valence-electron chi connectivity index (χ2n) is 6.06. The number of aromatic nitrogens is 3. The van der Waals surface area contributed by atoms with Gasteiger partial charge in [0, 0.05) is 17.3 Å². The first kappa shape index (κ1) is 15.0. The minimum Gasteiger partial charge on any atom is -0.294 e. The van der Waals surface area contributed by atoms with Gasteiger partial charge in [-0.15, -0.1) is 10.2 Å². The third kappa shape index (κ3) is 2.54. The summed E-state index contributed by atoms with van der Waals surface area (Å²) in [5, 5.41) is 12.8. The van der Waals surface area contributed by atoms with Crippen LogP contribution in [-0.4, -0.2) is 26.4 Å². The van der Waals surface area contributed by atoms with Crippen molar-refractivity contribution in [1.29, 1.82) is 0 Å². The zero-order valence-electron chi connectivity index (χ0n) is 12.6. The molecule has 1 aliphatic carbocycles. The summed E-state index contributed by atoms with van der Waals surface area (Å²) in [4.78, 5) is 13.1. The molecule has 0 spiro atoms. The molecule has 0 atom stereocenters. The number of halogens is 1. The van der Waals surface area contributed by atoms with Gasteiger partial charge < -0.3 is 0 Å². The van der Waals surface area contributed by atoms with E-state index in [1.807, 2.05) is 28.8 Å². The first-order valence-electron chi connectivity index (χ1n) is 7.83. The minimum absolute atomic E-state index is 0.0180. The number of fused-ring (bicyclic) bond motifs is 1. The fourth-order valence-electron chi connectivity index (χ4n) is 3.53. The Bertz CT molecular complexity index is 737. The Kier molecular flexibility index (Phi) is 3.81. The lowest BCUT2D eigenvalue weighted by atomic mass is 9.78. The molecule has 1 amide bonds. The standard InChI is InChI=1S/C16H17ClN4OS/c17-12-5-3-11(4-6-12)16(7-1-2-8-16)13(22)18-14-19-20-15-21(14)9-10-23-15/h3-6H,1-2,7-10H2,(H,18,19,22). The second-order valence-corrected chi connectivity index (χ2v) is 7.56. The molecule has 2 aromatic rings. The number of benzene rings is 1. The summed E-state index contributed by atoms with van der Waals surface area (Å²) in [5.41, 5.74) is 0.551. The molecule has 1 aromatic heterocycles. The van der Waals surface area contributed by atoms with Crippen LogP contribution in [0.2, 0.25) is 5.02 Å². The molecule has 0 radical (unpaired) electrons. The number of anilines is 1. The Morgan fingerprint density at radius 2 is 1.96 bits per heavy atom. The van der Waals surface area contributed by atoms with Gasteiger partial charge in [0.25, 0.3) is 0 Å². The van der Waals surface area contributed by atoms with Crippen LogP contribution in [0.4, 0.5) is 5.95 Å². The Hall–Kier alpha value is -1.53. The summed E-state index contributed by atoms with van der Waals surface area (Å²) < 4.78 is 1.98. The maximum atomic E-state index is 13.1. The van der Waals surface area contributed by atoms with E-state index >= 15 is 0 Å². The van der Waals surface area contributed by atoms with E-state index in [2.05, 4.69) is 15.5 Å². The normalized spacial score (nSPS) is 18.8. The molecule has 120 valence electrons. The van der Waals surface area contributed by atoms with E-state index in [1.165, 1.54) is 0 Å². The van der Waals surface area contributed by atoms with Crippen LogP contribution >= 0.6 is 23.4 Å². The van der Waals surface area contributed by atoms with Gasteiger partial charge in [0.15, 0.2) is 5.16 Å². The molecule has 5 nitrogen and oxygen atoms in total. The average molecular weight is 349 g/mol.